The molecular weight excluding hydrogens is 246 g/mol. The maximum Gasteiger partial charge on any atom is 0.266 e. The molecule has 0 aliphatic heterocycles. The second-order valence-electron chi connectivity index (χ2n) is 3.04. The number of nitrogens with zero attached hydrogens (tertiary/aromatic N) is 2. The minimum Gasteiger partial charge on any atom is -0.397 e. The van der Waals surface area contributed by atoms with E-state index in [9.17, 15) is 4.79 Å². The summed E-state index contributed by atoms with van der Waals surface area (Å²) in [6, 6.07) is 1.47. The Morgan fingerprint density at radius 2 is 2.29 bits per heavy atom. The summed E-state index contributed by atoms with van der Waals surface area (Å²) in [6.45, 7) is 3.39. The Hall–Kier alpha value is -1.28. The minimum absolute atomic E-state index is 0.231. The zero-order chi connectivity index (χ0) is 10.9. The molecule has 14 heavy (non-hydrogen) atoms. The Morgan fingerprint density at radius 3 is 2.79 bits per heavy atom. The van der Waals surface area contributed by atoms with Crippen LogP contribution in [0.4, 0.5) is 5.69 Å². The lowest BCUT2D eigenvalue weighted by Gasteiger charge is -2.11. The van der Waals surface area contributed by atoms with Crippen LogP contribution in [0.3, 0.4) is 0 Å². The quantitative estimate of drug-likeness (QED) is 0.829. The van der Waals surface area contributed by atoms with Crippen molar-refractivity contribution in [1.29, 1.82) is 5.26 Å². The van der Waals surface area contributed by atoms with Crippen LogP contribution in [0.5, 0.6) is 0 Å². The molecule has 1 unspecified atom stereocenters. The molecule has 1 rings (SSSR count). The molecule has 74 valence electrons. The first kappa shape index (κ1) is 10.8. The van der Waals surface area contributed by atoms with Crippen molar-refractivity contribution in [3.05, 3.63) is 26.6 Å². The molecule has 0 aliphatic carbocycles. The lowest BCUT2D eigenvalue weighted by molar-refractivity contribution is 0.643. The van der Waals surface area contributed by atoms with Gasteiger partial charge in [0, 0.05) is 6.20 Å². The second kappa shape index (κ2) is 3.84. The number of nitrogens with two attached hydrogens (primary N) is 1. The van der Waals surface area contributed by atoms with E-state index in [1.165, 1.54) is 10.8 Å². The molecule has 0 spiro atoms. The molecule has 0 saturated carbocycles. The van der Waals surface area contributed by atoms with Crippen molar-refractivity contribution in [1.82, 2.24) is 4.57 Å². The topological polar surface area (TPSA) is 71.8 Å². The highest BCUT2D eigenvalue weighted by atomic mass is 79.9. The molecule has 1 heterocycles. The van der Waals surface area contributed by atoms with Gasteiger partial charge in [-0.05, 0) is 35.3 Å². The fourth-order valence-electron chi connectivity index (χ4n) is 1.06. The zero-order valence-electron chi connectivity index (χ0n) is 7.91. The second-order valence-corrected chi connectivity index (χ2v) is 3.83. The molecule has 0 saturated heterocycles. The van der Waals surface area contributed by atoms with Crippen LogP contribution in [-0.4, -0.2) is 4.57 Å². The van der Waals surface area contributed by atoms with Crippen LogP contribution in [-0.2, 0) is 0 Å². The van der Waals surface area contributed by atoms with Gasteiger partial charge in [-0.15, -0.1) is 0 Å². The Balaban J connectivity index is 3.51. The van der Waals surface area contributed by atoms with Crippen LogP contribution in [0.1, 0.15) is 18.5 Å². The number of hydrogen-bond donors (Lipinski definition) is 1. The standard InChI is InChI=1S/C9H10BrN3O/c1-5(3-11)13-4-7(12)6(2)8(10)9(13)14/h4-5H,12H2,1-2H3. The first-order chi connectivity index (χ1) is 6.49. The molecule has 0 aromatic carbocycles. The normalized spacial score (nSPS) is 12.1. The first-order valence-corrected chi connectivity index (χ1v) is 4.84. The van der Waals surface area contributed by atoms with E-state index in [4.69, 9.17) is 11.0 Å². The van der Waals surface area contributed by atoms with E-state index in [2.05, 4.69) is 15.9 Å². The van der Waals surface area contributed by atoms with Crippen LogP contribution < -0.4 is 11.3 Å². The molecule has 4 nitrogen and oxygen atoms in total. The SMILES string of the molecule is Cc1c(N)cn(C(C)C#N)c(=O)c1Br. The lowest BCUT2D eigenvalue weighted by Crippen LogP contribution is -2.24. The van der Waals surface area contributed by atoms with Gasteiger partial charge in [0.1, 0.15) is 6.04 Å². The summed E-state index contributed by atoms with van der Waals surface area (Å²) in [5, 5.41) is 8.70. The van der Waals surface area contributed by atoms with Crippen molar-refractivity contribution >= 4 is 21.6 Å². The summed E-state index contributed by atoms with van der Waals surface area (Å²) < 4.78 is 1.73. The summed E-state index contributed by atoms with van der Waals surface area (Å²) in [5.74, 6) is 0. The average Bonchev–Trinajstić information content (AvgIpc) is 2.19. The Bertz CT molecular complexity index is 458. The third kappa shape index (κ3) is 1.66. The smallest absolute Gasteiger partial charge is 0.266 e. The fourth-order valence-corrected chi connectivity index (χ4v) is 1.49. The van der Waals surface area contributed by atoms with E-state index in [1.807, 2.05) is 6.07 Å². The van der Waals surface area contributed by atoms with Gasteiger partial charge in [0.15, 0.2) is 0 Å². The van der Waals surface area contributed by atoms with Crippen molar-refractivity contribution in [2.45, 2.75) is 19.9 Å². The Morgan fingerprint density at radius 1 is 1.71 bits per heavy atom. The van der Waals surface area contributed by atoms with Crippen LogP contribution in [0.2, 0.25) is 0 Å². The molecular formula is C9H10BrN3O. The minimum atomic E-state index is -0.512. The molecule has 0 bridgehead atoms. The molecule has 1 aromatic heterocycles. The van der Waals surface area contributed by atoms with Crippen molar-refractivity contribution in [2.24, 2.45) is 0 Å². The summed E-state index contributed by atoms with van der Waals surface area (Å²) in [7, 11) is 0. The fraction of sp³-hybridized carbons (Fsp3) is 0.333. The van der Waals surface area contributed by atoms with Crippen molar-refractivity contribution in [3.8, 4) is 6.07 Å². The number of hydrogen-bond acceptors (Lipinski definition) is 3. The highest BCUT2D eigenvalue weighted by molar-refractivity contribution is 9.10. The molecule has 0 fully saturated rings. The van der Waals surface area contributed by atoms with Gasteiger partial charge in [0.2, 0.25) is 0 Å². The predicted molar refractivity (Wildman–Crippen MR) is 57.9 cm³/mol. The maximum absolute atomic E-state index is 11.7. The van der Waals surface area contributed by atoms with Gasteiger partial charge in [-0.3, -0.25) is 9.36 Å². The zero-order valence-corrected chi connectivity index (χ0v) is 9.50. The van der Waals surface area contributed by atoms with Crippen LogP contribution in [0.15, 0.2) is 15.5 Å². The highest BCUT2D eigenvalue weighted by Crippen LogP contribution is 2.18. The van der Waals surface area contributed by atoms with Crippen LogP contribution in [0, 0.1) is 18.3 Å². The van der Waals surface area contributed by atoms with Crippen molar-refractivity contribution < 1.29 is 0 Å². The number of nitrogen functional groups attached to an aromatic ring is 1. The van der Waals surface area contributed by atoms with Gasteiger partial charge in [0.25, 0.3) is 5.56 Å². The number of pyridine rings is 1. The first-order valence-electron chi connectivity index (χ1n) is 4.05. The average molecular weight is 256 g/mol. The maximum atomic E-state index is 11.7. The van der Waals surface area contributed by atoms with Gasteiger partial charge in [-0.2, -0.15) is 5.26 Å². The summed E-state index contributed by atoms with van der Waals surface area (Å²) >= 11 is 3.16. The van der Waals surface area contributed by atoms with Crippen LogP contribution in [0.25, 0.3) is 0 Å². The molecule has 0 aliphatic rings. The molecule has 0 radical (unpaired) electrons. The number of halogens is 1. The van der Waals surface area contributed by atoms with Gasteiger partial charge < -0.3 is 5.73 Å². The number of rotatable bonds is 1. The highest BCUT2D eigenvalue weighted by Gasteiger charge is 2.11. The molecule has 5 heteroatoms. The number of nitriles is 1. The van der Waals surface area contributed by atoms with Gasteiger partial charge >= 0.3 is 0 Å². The Labute approximate surface area is 90.1 Å². The van der Waals surface area contributed by atoms with Crippen molar-refractivity contribution in [2.75, 3.05) is 5.73 Å². The van der Waals surface area contributed by atoms with E-state index < -0.39 is 6.04 Å². The molecule has 0 amide bonds. The van der Waals surface area contributed by atoms with E-state index >= 15 is 0 Å². The number of anilines is 1. The summed E-state index contributed by atoms with van der Waals surface area (Å²) in [4.78, 5) is 11.7. The largest absolute Gasteiger partial charge is 0.397 e. The van der Waals surface area contributed by atoms with E-state index in [1.54, 1.807) is 13.8 Å². The van der Waals surface area contributed by atoms with E-state index in [0.717, 1.165) is 0 Å². The Kier molecular flexibility index (Phi) is 2.96. The van der Waals surface area contributed by atoms with Gasteiger partial charge in [0.05, 0.1) is 16.2 Å². The molecule has 1 aromatic rings. The summed E-state index contributed by atoms with van der Waals surface area (Å²) in [5.41, 5.74) is 6.66. The lowest BCUT2D eigenvalue weighted by atomic mass is 10.2. The van der Waals surface area contributed by atoms with Crippen LogP contribution >= 0.6 is 15.9 Å². The third-order valence-corrected chi connectivity index (χ3v) is 3.00. The molecule has 2 N–H and O–H groups in total. The predicted octanol–water partition coefficient (Wildman–Crippen LogP) is 1.59. The van der Waals surface area contributed by atoms with E-state index in [0.29, 0.717) is 15.7 Å². The number of aromatic nitrogens is 1. The van der Waals surface area contributed by atoms with Crippen molar-refractivity contribution in [3.63, 3.8) is 0 Å². The summed E-state index contributed by atoms with van der Waals surface area (Å²) in [6.07, 6.45) is 1.50. The molecule has 1 atom stereocenters. The van der Waals surface area contributed by atoms with E-state index in [-0.39, 0.29) is 5.56 Å². The third-order valence-electron chi connectivity index (χ3n) is 2.07. The van der Waals surface area contributed by atoms with Gasteiger partial charge in [-0.25, -0.2) is 0 Å². The van der Waals surface area contributed by atoms with Gasteiger partial charge in [-0.1, -0.05) is 0 Å². The monoisotopic (exact) mass is 255 g/mol.